The minimum absolute atomic E-state index is 0.0211. The lowest BCUT2D eigenvalue weighted by Crippen LogP contribution is -2.25. The highest BCUT2D eigenvalue weighted by Crippen LogP contribution is 2.38. The number of hydrogen-bond acceptors (Lipinski definition) is 6. The van der Waals surface area contributed by atoms with Gasteiger partial charge >= 0.3 is 0 Å². The van der Waals surface area contributed by atoms with E-state index in [9.17, 15) is 4.39 Å². The number of hydrogen-bond donors (Lipinski definition) is 1. The molecule has 2 aliphatic rings. The lowest BCUT2D eigenvalue weighted by atomic mass is 10.1. The highest BCUT2D eigenvalue weighted by molar-refractivity contribution is 6.36. The van der Waals surface area contributed by atoms with E-state index in [2.05, 4.69) is 10.1 Å². The average Bonchev–Trinajstić information content (AvgIpc) is 3.49. The fourth-order valence-corrected chi connectivity index (χ4v) is 4.89. The van der Waals surface area contributed by atoms with Crippen molar-refractivity contribution in [2.45, 2.75) is 37.7 Å². The van der Waals surface area contributed by atoms with E-state index in [4.69, 9.17) is 43.1 Å². The van der Waals surface area contributed by atoms with Crippen molar-refractivity contribution in [3.05, 3.63) is 58.2 Å². The molecule has 3 aromatic rings. The molecular formula is C22H21Cl2FN4O3. The molecule has 1 aromatic carbocycles. The minimum Gasteiger partial charge on any atom is -0.482 e. The van der Waals surface area contributed by atoms with Gasteiger partial charge in [0.2, 0.25) is 0 Å². The largest absolute Gasteiger partial charge is 0.482 e. The van der Waals surface area contributed by atoms with E-state index >= 15 is 0 Å². The van der Waals surface area contributed by atoms with E-state index in [-0.39, 0.29) is 29.1 Å². The molecule has 2 N–H and O–H groups in total. The van der Waals surface area contributed by atoms with Gasteiger partial charge in [0.1, 0.15) is 24.1 Å². The van der Waals surface area contributed by atoms with Crippen LogP contribution in [0.5, 0.6) is 5.75 Å². The van der Waals surface area contributed by atoms with E-state index in [1.165, 1.54) is 12.1 Å². The van der Waals surface area contributed by atoms with Crippen LogP contribution >= 0.6 is 23.2 Å². The second kappa shape index (κ2) is 8.51. The van der Waals surface area contributed by atoms with Crippen LogP contribution in [-0.2, 0) is 9.47 Å². The molecule has 0 amide bonds. The number of nitrogens with zero attached hydrogens (tertiary/aromatic N) is 3. The fourth-order valence-electron chi connectivity index (χ4n) is 4.21. The van der Waals surface area contributed by atoms with E-state index < -0.39 is 11.9 Å². The number of aromatic nitrogens is 3. The van der Waals surface area contributed by atoms with Crippen LogP contribution in [0.4, 0.5) is 10.2 Å². The van der Waals surface area contributed by atoms with Gasteiger partial charge in [-0.2, -0.15) is 5.10 Å². The third-order valence-corrected chi connectivity index (χ3v) is 6.60. The van der Waals surface area contributed by atoms with Crippen molar-refractivity contribution in [3.63, 3.8) is 0 Å². The Kier molecular flexibility index (Phi) is 5.71. The second-order valence-electron chi connectivity index (χ2n) is 7.90. The van der Waals surface area contributed by atoms with Gasteiger partial charge < -0.3 is 19.9 Å². The molecule has 0 aliphatic carbocycles. The normalized spacial score (nSPS) is 23.3. The third kappa shape index (κ3) is 3.81. The van der Waals surface area contributed by atoms with E-state index in [0.29, 0.717) is 29.5 Å². The number of rotatable bonds is 5. The monoisotopic (exact) mass is 478 g/mol. The fraction of sp³-hybridized carbons (Fsp3) is 0.364. The Labute approximate surface area is 194 Å². The van der Waals surface area contributed by atoms with Gasteiger partial charge in [-0.25, -0.2) is 9.37 Å². The molecule has 5 rings (SSSR count). The molecule has 4 atom stereocenters. The minimum atomic E-state index is -0.653. The Morgan fingerprint density at radius 3 is 2.94 bits per heavy atom. The third-order valence-electron chi connectivity index (χ3n) is 5.89. The van der Waals surface area contributed by atoms with Gasteiger partial charge in [0.25, 0.3) is 0 Å². The van der Waals surface area contributed by atoms with E-state index in [1.807, 2.05) is 10.9 Å². The van der Waals surface area contributed by atoms with Crippen LogP contribution in [0.15, 0.2) is 36.8 Å². The Bertz CT molecular complexity index is 1160. The molecule has 0 radical (unpaired) electrons. The molecule has 10 heteroatoms. The van der Waals surface area contributed by atoms with Crippen LogP contribution < -0.4 is 10.5 Å². The zero-order chi connectivity index (χ0) is 22.4. The standard InChI is InChI=1S/C22H21Cl2FN4O3/c1-11(19-14(23)2-3-15(25)20(19)24)32-18-6-12(7-27-22(18)26)13-8-28-29(9-13)16-10-31-17-4-5-30-21(16)17/h2-3,6-9,11,16-17,21H,4-5,10H2,1H3,(H2,26,27). The quantitative estimate of drug-likeness (QED) is 0.528. The average molecular weight is 479 g/mol. The van der Waals surface area contributed by atoms with Crippen molar-refractivity contribution < 1.29 is 18.6 Å². The summed E-state index contributed by atoms with van der Waals surface area (Å²) in [7, 11) is 0. The molecule has 0 saturated carbocycles. The Morgan fingerprint density at radius 1 is 1.25 bits per heavy atom. The predicted octanol–water partition coefficient (Wildman–Crippen LogP) is 4.84. The Morgan fingerprint density at radius 2 is 2.09 bits per heavy atom. The van der Waals surface area contributed by atoms with Crippen molar-refractivity contribution in [1.82, 2.24) is 14.8 Å². The number of anilines is 1. The number of nitrogens with two attached hydrogens (primary N) is 1. The van der Waals surface area contributed by atoms with Crippen molar-refractivity contribution in [1.29, 1.82) is 0 Å². The number of fused-ring (bicyclic) bond motifs is 1. The second-order valence-corrected chi connectivity index (χ2v) is 8.68. The summed E-state index contributed by atoms with van der Waals surface area (Å²) >= 11 is 12.3. The van der Waals surface area contributed by atoms with Gasteiger partial charge in [0.05, 0.1) is 23.9 Å². The number of nitrogen functional groups attached to an aromatic ring is 1. The summed E-state index contributed by atoms with van der Waals surface area (Å²) in [6.07, 6.45) is 5.74. The van der Waals surface area contributed by atoms with Crippen molar-refractivity contribution in [2.24, 2.45) is 0 Å². The Balaban J connectivity index is 1.39. The van der Waals surface area contributed by atoms with Gasteiger partial charge in [-0.05, 0) is 31.5 Å². The number of pyridine rings is 1. The van der Waals surface area contributed by atoms with Crippen molar-refractivity contribution in [3.8, 4) is 16.9 Å². The summed E-state index contributed by atoms with van der Waals surface area (Å²) in [4.78, 5) is 4.25. The molecular weight excluding hydrogens is 458 g/mol. The molecule has 0 spiro atoms. The first-order valence-corrected chi connectivity index (χ1v) is 11.0. The molecule has 168 valence electrons. The van der Waals surface area contributed by atoms with Gasteiger partial charge in [0, 0.05) is 40.7 Å². The first-order chi connectivity index (χ1) is 15.4. The van der Waals surface area contributed by atoms with Crippen LogP contribution in [0.1, 0.15) is 31.1 Å². The topological polar surface area (TPSA) is 84.4 Å². The Hall–Kier alpha value is -2.39. The predicted molar refractivity (Wildman–Crippen MR) is 118 cm³/mol. The van der Waals surface area contributed by atoms with Crippen molar-refractivity contribution >= 4 is 29.0 Å². The first kappa shape index (κ1) is 21.5. The number of ether oxygens (including phenoxy) is 3. The molecule has 2 aliphatic heterocycles. The van der Waals surface area contributed by atoms with Crippen LogP contribution in [0.2, 0.25) is 10.0 Å². The zero-order valence-corrected chi connectivity index (χ0v) is 18.7. The summed E-state index contributed by atoms with van der Waals surface area (Å²) in [5.74, 6) is -0.0382. The van der Waals surface area contributed by atoms with Gasteiger partial charge in [-0.3, -0.25) is 4.68 Å². The number of benzene rings is 1. The maximum atomic E-state index is 13.9. The molecule has 7 nitrogen and oxygen atoms in total. The highest BCUT2D eigenvalue weighted by Gasteiger charge is 2.43. The maximum absolute atomic E-state index is 13.9. The molecule has 2 saturated heterocycles. The van der Waals surface area contributed by atoms with Gasteiger partial charge in [0.15, 0.2) is 11.6 Å². The summed E-state index contributed by atoms with van der Waals surface area (Å²) in [6, 6.07) is 4.45. The first-order valence-electron chi connectivity index (χ1n) is 10.3. The van der Waals surface area contributed by atoms with E-state index in [1.54, 1.807) is 25.4 Å². The zero-order valence-electron chi connectivity index (χ0n) is 17.2. The SMILES string of the molecule is CC(Oc1cc(-c2cnn(C3COC4CCOC43)c2)cnc1N)c1c(Cl)ccc(F)c1Cl. The molecule has 32 heavy (non-hydrogen) atoms. The maximum Gasteiger partial charge on any atom is 0.166 e. The molecule has 4 heterocycles. The van der Waals surface area contributed by atoms with Gasteiger partial charge in [-0.1, -0.05) is 23.2 Å². The summed E-state index contributed by atoms with van der Waals surface area (Å²) in [5, 5.41) is 4.73. The lowest BCUT2D eigenvalue weighted by molar-refractivity contribution is 0.0634. The summed E-state index contributed by atoms with van der Waals surface area (Å²) < 4.78 is 33.4. The molecule has 0 bridgehead atoms. The van der Waals surface area contributed by atoms with Gasteiger partial charge in [-0.15, -0.1) is 0 Å². The number of halogens is 3. The molecule has 2 aromatic heterocycles. The summed E-state index contributed by atoms with van der Waals surface area (Å²) in [5.41, 5.74) is 7.99. The van der Waals surface area contributed by atoms with Crippen LogP contribution in [-0.4, -0.2) is 40.2 Å². The molecule has 2 fully saturated rings. The lowest BCUT2D eigenvalue weighted by Gasteiger charge is -2.19. The smallest absolute Gasteiger partial charge is 0.166 e. The van der Waals surface area contributed by atoms with Crippen molar-refractivity contribution in [2.75, 3.05) is 18.9 Å². The van der Waals surface area contributed by atoms with Crippen LogP contribution in [0, 0.1) is 5.82 Å². The summed E-state index contributed by atoms with van der Waals surface area (Å²) in [6.45, 7) is 2.99. The van der Waals surface area contributed by atoms with E-state index in [0.717, 1.165) is 17.5 Å². The van der Waals surface area contributed by atoms with Crippen LogP contribution in [0.3, 0.4) is 0 Å². The molecule has 4 unspecified atom stereocenters. The highest BCUT2D eigenvalue weighted by atomic mass is 35.5. The van der Waals surface area contributed by atoms with Crippen LogP contribution in [0.25, 0.3) is 11.1 Å².